The molecule has 0 aliphatic carbocycles. The molecule has 0 saturated heterocycles. The molecule has 0 aliphatic rings. The second-order valence-electron chi connectivity index (χ2n) is 3.89. The zero-order chi connectivity index (χ0) is 12.3. The molecular weight excluding hydrogens is 318 g/mol. The summed E-state index contributed by atoms with van der Waals surface area (Å²) in [6, 6.07) is 10.4. The zero-order valence-corrected chi connectivity index (χ0v) is 12.6. The second-order valence-corrected chi connectivity index (χ2v) is 6.85. The second kappa shape index (κ2) is 6.01. The fraction of sp³-hybridized carbons (Fsp3) is 0.231. The molecule has 1 nitrogen and oxygen atoms in total. The van der Waals surface area contributed by atoms with Crippen LogP contribution >= 0.6 is 38.9 Å². The molecule has 0 unspecified atom stereocenters. The molecule has 0 atom stereocenters. The van der Waals surface area contributed by atoms with Gasteiger partial charge in [-0.2, -0.15) is 0 Å². The van der Waals surface area contributed by atoms with Crippen LogP contribution in [0.5, 0.6) is 0 Å². The fourth-order valence-electron chi connectivity index (χ4n) is 1.52. The number of nitrogens with one attached hydrogen (secondary N) is 1. The molecule has 17 heavy (non-hydrogen) atoms. The van der Waals surface area contributed by atoms with Crippen LogP contribution in [0.2, 0.25) is 5.02 Å². The predicted octanol–water partition coefficient (Wildman–Crippen LogP) is 4.76. The third-order valence-electron chi connectivity index (χ3n) is 2.49. The number of hydrogen-bond acceptors (Lipinski definition) is 2. The summed E-state index contributed by atoms with van der Waals surface area (Å²) in [4.78, 5) is 1.33. The van der Waals surface area contributed by atoms with Gasteiger partial charge in [-0.3, -0.25) is 0 Å². The van der Waals surface area contributed by atoms with E-state index in [9.17, 15) is 0 Å². The van der Waals surface area contributed by atoms with Gasteiger partial charge in [-0.05, 0) is 52.2 Å². The Balaban J connectivity index is 1.87. The minimum Gasteiger partial charge on any atom is -0.308 e. The van der Waals surface area contributed by atoms with Crippen molar-refractivity contribution < 1.29 is 0 Å². The SMILES string of the molecule is Cc1ccc(CNCc2ccc(Br)s2)cc1Cl. The molecule has 0 aliphatic heterocycles. The molecule has 90 valence electrons. The Bertz CT molecular complexity index is 510. The maximum Gasteiger partial charge on any atom is 0.0701 e. The van der Waals surface area contributed by atoms with Crippen LogP contribution in [0.25, 0.3) is 0 Å². The van der Waals surface area contributed by atoms with Crippen LogP contribution in [0, 0.1) is 6.92 Å². The van der Waals surface area contributed by atoms with Gasteiger partial charge in [-0.1, -0.05) is 23.7 Å². The Kier molecular flexibility index (Phi) is 4.62. The van der Waals surface area contributed by atoms with Crippen LogP contribution in [0.1, 0.15) is 16.0 Å². The molecular formula is C13H13BrClNS. The van der Waals surface area contributed by atoms with Crippen molar-refractivity contribution >= 4 is 38.9 Å². The summed E-state index contributed by atoms with van der Waals surface area (Å²) in [5.41, 5.74) is 2.34. The predicted molar refractivity (Wildman–Crippen MR) is 78.8 cm³/mol. The molecule has 0 amide bonds. The first-order valence-electron chi connectivity index (χ1n) is 5.35. The number of benzene rings is 1. The van der Waals surface area contributed by atoms with E-state index < -0.39 is 0 Å². The molecule has 0 saturated carbocycles. The van der Waals surface area contributed by atoms with Crippen LogP contribution in [-0.2, 0) is 13.1 Å². The lowest BCUT2D eigenvalue weighted by Gasteiger charge is -2.05. The molecule has 0 fully saturated rings. The van der Waals surface area contributed by atoms with Crippen molar-refractivity contribution in [2.24, 2.45) is 0 Å². The number of halogens is 2. The summed E-state index contributed by atoms with van der Waals surface area (Å²) >= 11 is 11.3. The maximum absolute atomic E-state index is 6.08. The van der Waals surface area contributed by atoms with Crippen molar-refractivity contribution in [2.45, 2.75) is 20.0 Å². The van der Waals surface area contributed by atoms with E-state index in [0.29, 0.717) is 0 Å². The Morgan fingerprint density at radius 1 is 1.24 bits per heavy atom. The Morgan fingerprint density at radius 2 is 2.06 bits per heavy atom. The van der Waals surface area contributed by atoms with Gasteiger partial charge in [0.15, 0.2) is 0 Å². The van der Waals surface area contributed by atoms with Crippen molar-refractivity contribution in [3.8, 4) is 0 Å². The van der Waals surface area contributed by atoms with Crippen LogP contribution in [0.15, 0.2) is 34.1 Å². The third kappa shape index (κ3) is 3.81. The van der Waals surface area contributed by atoms with E-state index in [1.54, 1.807) is 11.3 Å². The Labute approximate surface area is 119 Å². The van der Waals surface area contributed by atoms with Gasteiger partial charge in [0.05, 0.1) is 3.79 Å². The summed E-state index contributed by atoms with van der Waals surface area (Å²) in [5, 5.41) is 4.25. The van der Waals surface area contributed by atoms with E-state index >= 15 is 0 Å². The first-order valence-corrected chi connectivity index (χ1v) is 7.34. The first-order chi connectivity index (χ1) is 8.15. The fourth-order valence-corrected chi connectivity index (χ4v) is 3.18. The summed E-state index contributed by atoms with van der Waals surface area (Å²) in [7, 11) is 0. The van der Waals surface area contributed by atoms with Crippen molar-refractivity contribution in [3.05, 3.63) is 55.1 Å². The van der Waals surface area contributed by atoms with Gasteiger partial charge in [0.1, 0.15) is 0 Å². The van der Waals surface area contributed by atoms with E-state index in [2.05, 4.69) is 45.5 Å². The lowest BCUT2D eigenvalue weighted by molar-refractivity contribution is 0.701. The van der Waals surface area contributed by atoms with E-state index in [-0.39, 0.29) is 0 Å². The Hall–Kier alpha value is -0.350. The molecule has 0 spiro atoms. The molecule has 1 heterocycles. The van der Waals surface area contributed by atoms with Crippen molar-refractivity contribution in [1.29, 1.82) is 0 Å². The van der Waals surface area contributed by atoms with Crippen LogP contribution < -0.4 is 5.32 Å². The topological polar surface area (TPSA) is 12.0 Å². The van der Waals surface area contributed by atoms with Gasteiger partial charge in [-0.25, -0.2) is 0 Å². The normalized spacial score (nSPS) is 10.8. The molecule has 2 aromatic rings. The minimum absolute atomic E-state index is 0.836. The summed E-state index contributed by atoms with van der Waals surface area (Å²) in [5.74, 6) is 0. The van der Waals surface area contributed by atoms with E-state index in [4.69, 9.17) is 11.6 Å². The first kappa shape index (κ1) is 13.1. The van der Waals surface area contributed by atoms with Crippen LogP contribution in [-0.4, -0.2) is 0 Å². The average molecular weight is 331 g/mol. The molecule has 1 aromatic carbocycles. The van der Waals surface area contributed by atoms with E-state index in [0.717, 1.165) is 23.7 Å². The molecule has 4 heteroatoms. The molecule has 0 bridgehead atoms. The average Bonchev–Trinajstić information content (AvgIpc) is 2.70. The number of rotatable bonds is 4. The highest BCUT2D eigenvalue weighted by molar-refractivity contribution is 9.11. The number of hydrogen-bond donors (Lipinski definition) is 1. The smallest absolute Gasteiger partial charge is 0.0701 e. The molecule has 1 N–H and O–H groups in total. The van der Waals surface area contributed by atoms with Gasteiger partial charge < -0.3 is 5.32 Å². The lowest BCUT2D eigenvalue weighted by atomic mass is 10.1. The molecule has 2 rings (SSSR count). The quantitative estimate of drug-likeness (QED) is 0.852. The highest BCUT2D eigenvalue weighted by Gasteiger charge is 1.99. The van der Waals surface area contributed by atoms with Crippen LogP contribution in [0.3, 0.4) is 0 Å². The van der Waals surface area contributed by atoms with E-state index in [1.807, 2.05) is 13.0 Å². The van der Waals surface area contributed by atoms with E-state index in [1.165, 1.54) is 14.2 Å². The van der Waals surface area contributed by atoms with Crippen molar-refractivity contribution in [3.63, 3.8) is 0 Å². The summed E-state index contributed by atoms with van der Waals surface area (Å²) in [6.07, 6.45) is 0. The minimum atomic E-state index is 0.836. The largest absolute Gasteiger partial charge is 0.308 e. The van der Waals surface area contributed by atoms with Gasteiger partial charge in [-0.15, -0.1) is 11.3 Å². The highest BCUT2D eigenvalue weighted by Crippen LogP contribution is 2.22. The lowest BCUT2D eigenvalue weighted by Crippen LogP contribution is -2.11. The molecule has 1 aromatic heterocycles. The third-order valence-corrected chi connectivity index (χ3v) is 4.52. The summed E-state index contributed by atoms with van der Waals surface area (Å²) < 4.78 is 1.17. The van der Waals surface area contributed by atoms with Crippen molar-refractivity contribution in [2.75, 3.05) is 0 Å². The number of aryl methyl sites for hydroxylation is 1. The van der Waals surface area contributed by atoms with Crippen molar-refractivity contribution in [1.82, 2.24) is 5.32 Å². The highest BCUT2D eigenvalue weighted by atomic mass is 79.9. The maximum atomic E-state index is 6.08. The molecule has 0 radical (unpaired) electrons. The Morgan fingerprint density at radius 3 is 2.71 bits per heavy atom. The van der Waals surface area contributed by atoms with Gasteiger partial charge >= 0.3 is 0 Å². The van der Waals surface area contributed by atoms with Gasteiger partial charge in [0, 0.05) is 23.0 Å². The van der Waals surface area contributed by atoms with Gasteiger partial charge in [0.25, 0.3) is 0 Å². The van der Waals surface area contributed by atoms with Crippen LogP contribution in [0.4, 0.5) is 0 Å². The summed E-state index contributed by atoms with van der Waals surface area (Å²) in [6.45, 7) is 3.75. The monoisotopic (exact) mass is 329 g/mol. The number of thiophene rings is 1. The van der Waals surface area contributed by atoms with Gasteiger partial charge in [0.2, 0.25) is 0 Å². The zero-order valence-electron chi connectivity index (χ0n) is 9.47. The standard InChI is InChI=1S/C13H13BrClNS/c1-9-2-3-10(6-12(9)15)7-16-8-11-4-5-13(14)17-11/h2-6,16H,7-8H2,1H3.